The number of carbonyl (C=O) groups is 1. The zero-order chi connectivity index (χ0) is 18.8. The van der Waals surface area contributed by atoms with Crippen molar-refractivity contribution in [3.05, 3.63) is 53.9 Å². The molecule has 2 fully saturated rings. The maximum absolute atomic E-state index is 13.7. The third-order valence-electron chi connectivity index (χ3n) is 6.40. The summed E-state index contributed by atoms with van der Waals surface area (Å²) in [7, 11) is 1.93. The van der Waals surface area contributed by atoms with Crippen molar-refractivity contribution in [1.82, 2.24) is 20.0 Å². The second-order valence-corrected chi connectivity index (χ2v) is 8.19. The van der Waals surface area contributed by atoms with Gasteiger partial charge in [-0.3, -0.25) is 9.48 Å². The molecular weight excluding hydrogens is 336 g/mol. The highest BCUT2D eigenvalue weighted by atomic mass is 16.2. The van der Waals surface area contributed by atoms with E-state index in [2.05, 4.69) is 52.7 Å². The Morgan fingerprint density at radius 1 is 1.30 bits per heavy atom. The van der Waals surface area contributed by atoms with Gasteiger partial charge >= 0.3 is 0 Å². The minimum absolute atomic E-state index is 0.0135. The summed E-state index contributed by atoms with van der Waals surface area (Å²) in [6.45, 7) is 4.65. The fraction of sp³-hybridized carbons (Fsp3) is 0.545. The summed E-state index contributed by atoms with van der Waals surface area (Å²) >= 11 is 0. The fourth-order valence-corrected chi connectivity index (χ4v) is 4.44. The van der Waals surface area contributed by atoms with Gasteiger partial charge in [0.15, 0.2) is 0 Å². The van der Waals surface area contributed by atoms with Crippen LogP contribution in [-0.2, 0) is 11.8 Å². The minimum atomic E-state index is -0.0135. The van der Waals surface area contributed by atoms with Crippen LogP contribution in [0.1, 0.15) is 49.3 Å². The molecule has 0 spiro atoms. The molecule has 1 aromatic carbocycles. The fourth-order valence-electron chi connectivity index (χ4n) is 4.44. The molecule has 1 saturated heterocycles. The molecule has 3 atom stereocenters. The van der Waals surface area contributed by atoms with E-state index in [9.17, 15) is 4.79 Å². The molecule has 0 bridgehead atoms. The molecule has 4 rings (SSSR count). The number of aryl methyl sites for hydroxylation is 1. The number of carbonyl (C=O) groups excluding carboxylic acids is 1. The Bertz CT molecular complexity index is 768. The Labute approximate surface area is 161 Å². The first-order chi connectivity index (χ1) is 13.1. The highest BCUT2D eigenvalue weighted by molar-refractivity contribution is 5.81. The van der Waals surface area contributed by atoms with E-state index in [0.717, 1.165) is 25.2 Å². The molecule has 1 N–H and O–H groups in total. The first kappa shape index (κ1) is 18.2. The number of rotatable bonds is 6. The van der Waals surface area contributed by atoms with Crippen molar-refractivity contribution in [2.75, 3.05) is 19.6 Å². The van der Waals surface area contributed by atoms with Crippen molar-refractivity contribution >= 4 is 5.91 Å². The summed E-state index contributed by atoms with van der Waals surface area (Å²) in [6.07, 6.45) is 7.76. The van der Waals surface area contributed by atoms with Gasteiger partial charge in [0.25, 0.3) is 0 Å². The van der Waals surface area contributed by atoms with E-state index in [1.807, 2.05) is 24.0 Å². The molecule has 1 unspecified atom stereocenters. The van der Waals surface area contributed by atoms with Gasteiger partial charge in [-0.2, -0.15) is 5.10 Å². The van der Waals surface area contributed by atoms with Gasteiger partial charge in [0.1, 0.15) is 0 Å². The summed E-state index contributed by atoms with van der Waals surface area (Å²) in [5, 5.41) is 7.76. The van der Waals surface area contributed by atoms with Crippen LogP contribution in [0.15, 0.2) is 42.7 Å². The quantitative estimate of drug-likeness (QED) is 0.855. The number of aromatic nitrogens is 2. The maximum Gasteiger partial charge on any atom is 0.228 e. The van der Waals surface area contributed by atoms with Gasteiger partial charge < -0.3 is 10.2 Å². The summed E-state index contributed by atoms with van der Waals surface area (Å²) < 4.78 is 1.83. The first-order valence-electron chi connectivity index (χ1n) is 10.2. The molecule has 5 nitrogen and oxygen atoms in total. The zero-order valence-corrected chi connectivity index (χ0v) is 16.3. The van der Waals surface area contributed by atoms with Crippen LogP contribution in [0.3, 0.4) is 0 Å². The number of amides is 1. The van der Waals surface area contributed by atoms with Gasteiger partial charge in [0.05, 0.1) is 18.2 Å². The summed E-state index contributed by atoms with van der Waals surface area (Å²) in [6, 6.07) is 10.5. The predicted molar refractivity (Wildman–Crippen MR) is 106 cm³/mol. The maximum atomic E-state index is 13.7. The van der Waals surface area contributed by atoms with Gasteiger partial charge in [0, 0.05) is 38.8 Å². The van der Waals surface area contributed by atoms with Crippen LogP contribution in [0.4, 0.5) is 0 Å². The first-order valence-corrected chi connectivity index (χ1v) is 10.2. The van der Waals surface area contributed by atoms with Crippen LogP contribution in [0, 0.1) is 11.8 Å². The van der Waals surface area contributed by atoms with E-state index in [1.165, 1.54) is 24.8 Å². The molecule has 1 saturated carbocycles. The monoisotopic (exact) mass is 366 g/mol. The highest BCUT2D eigenvalue weighted by Gasteiger charge is 2.39. The van der Waals surface area contributed by atoms with Crippen LogP contribution >= 0.6 is 0 Å². The zero-order valence-electron chi connectivity index (χ0n) is 16.3. The van der Waals surface area contributed by atoms with Crippen LogP contribution in [0.5, 0.6) is 0 Å². The van der Waals surface area contributed by atoms with E-state index in [4.69, 9.17) is 0 Å². The van der Waals surface area contributed by atoms with E-state index in [-0.39, 0.29) is 23.8 Å². The van der Waals surface area contributed by atoms with Crippen LogP contribution in [-0.4, -0.2) is 40.2 Å². The topological polar surface area (TPSA) is 50.2 Å². The van der Waals surface area contributed by atoms with E-state index in [1.54, 1.807) is 0 Å². The van der Waals surface area contributed by atoms with Gasteiger partial charge in [-0.05, 0) is 36.8 Å². The van der Waals surface area contributed by atoms with E-state index in [0.29, 0.717) is 5.92 Å². The van der Waals surface area contributed by atoms with Gasteiger partial charge in [-0.25, -0.2) is 0 Å². The molecular formula is C22H30N4O. The third kappa shape index (κ3) is 3.79. The van der Waals surface area contributed by atoms with Gasteiger partial charge in [-0.15, -0.1) is 0 Å². The molecule has 2 heterocycles. The number of hydrogen-bond acceptors (Lipinski definition) is 3. The van der Waals surface area contributed by atoms with E-state index >= 15 is 0 Å². The average molecular weight is 367 g/mol. The van der Waals surface area contributed by atoms with Crippen molar-refractivity contribution in [1.29, 1.82) is 0 Å². The van der Waals surface area contributed by atoms with Gasteiger partial charge in [-0.1, -0.05) is 36.8 Å². The minimum Gasteiger partial charge on any atom is -0.335 e. The second kappa shape index (κ2) is 7.85. The Morgan fingerprint density at radius 2 is 2.07 bits per heavy atom. The lowest BCUT2D eigenvalue weighted by Gasteiger charge is -2.38. The van der Waals surface area contributed by atoms with Crippen molar-refractivity contribution in [2.24, 2.45) is 18.9 Å². The Morgan fingerprint density at radius 3 is 2.70 bits per heavy atom. The SMILES string of the molecule is CC(c1ccccc1)N(CC1CCC1)C(=O)[C@H]1CNC[C@@H]1c1cnn(C)c1. The second-order valence-electron chi connectivity index (χ2n) is 8.19. The molecule has 1 aliphatic heterocycles. The number of benzene rings is 1. The smallest absolute Gasteiger partial charge is 0.228 e. The predicted octanol–water partition coefficient (Wildman–Crippen LogP) is 3.11. The lowest BCUT2D eigenvalue weighted by atomic mass is 9.83. The van der Waals surface area contributed by atoms with Crippen molar-refractivity contribution in [2.45, 2.75) is 38.1 Å². The Balaban J connectivity index is 1.57. The van der Waals surface area contributed by atoms with Crippen LogP contribution in [0.2, 0.25) is 0 Å². The molecule has 1 amide bonds. The highest BCUT2D eigenvalue weighted by Crippen LogP contribution is 2.35. The van der Waals surface area contributed by atoms with Gasteiger partial charge in [0.2, 0.25) is 5.91 Å². The standard InChI is InChI=1S/C22H30N4O/c1-16(18-9-4-3-5-10-18)26(14-17-7-6-8-17)22(27)21-13-23-12-20(21)19-11-24-25(2)15-19/h3-5,9-11,15-17,20-21,23H,6-8,12-14H2,1-2H3/t16?,20-,21+/m1/s1. The molecule has 1 aliphatic carbocycles. The molecule has 27 heavy (non-hydrogen) atoms. The Hall–Kier alpha value is -2.14. The van der Waals surface area contributed by atoms with Crippen molar-refractivity contribution in [3.63, 3.8) is 0 Å². The van der Waals surface area contributed by atoms with Crippen molar-refractivity contribution < 1.29 is 4.79 Å². The van der Waals surface area contributed by atoms with E-state index < -0.39 is 0 Å². The van der Waals surface area contributed by atoms with Crippen molar-refractivity contribution in [3.8, 4) is 0 Å². The molecule has 2 aromatic rings. The average Bonchev–Trinajstić information content (AvgIpc) is 3.29. The molecule has 1 aromatic heterocycles. The molecule has 2 aliphatic rings. The normalized spacial score (nSPS) is 23.8. The summed E-state index contributed by atoms with van der Waals surface area (Å²) in [5.41, 5.74) is 2.38. The Kier molecular flexibility index (Phi) is 5.30. The number of hydrogen-bond donors (Lipinski definition) is 1. The number of nitrogens with one attached hydrogen (secondary N) is 1. The lowest BCUT2D eigenvalue weighted by molar-refractivity contribution is -0.138. The summed E-state index contributed by atoms with van der Waals surface area (Å²) in [5.74, 6) is 1.14. The molecule has 5 heteroatoms. The molecule has 0 radical (unpaired) electrons. The molecule has 144 valence electrons. The van der Waals surface area contributed by atoms with Crippen LogP contribution in [0.25, 0.3) is 0 Å². The largest absolute Gasteiger partial charge is 0.335 e. The van der Waals surface area contributed by atoms with Crippen LogP contribution < -0.4 is 5.32 Å². The lowest BCUT2D eigenvalue weighted by Crippen LogP contribution is -2.44. The third-order valence-corrected chi connectivity index (χ3v) is 6.40. The summed E-state index contributed by atoms with van der Waals surface area (Å²) in [4.78, 5) is 15.8. The number of nitrogens with zero attached hydrogens (tertiary/aromatic N) is 3.